The molecule has 0 radical (unpaired) electrons. The zero-order chi connectivity index (χ0) is 15.5. The number of nitrogens with one attached hydrogen (secondary N) is 2. The van der Waals surface area contributed by atoms with Gasteiger partial charge in [-0.15, -0.1) is 0 Å². The molecule has 1 saturated carbocycles. The molecule has 1 unspecified atom stereocenters. The van der Waals surface area contributed by atoms with E-state index in [1.165, 1.54) is 18.4 Å². The largest absolute Gasteiger partial charge is 0.493 e. The van der Waals surface area contributed by atoms with Crippen LogP contribution in [-0.4, -0.2) is 23.7 Å². The lowest BCUT2D eigenvalue weighted by Crippen LogP contribution is -2.05. The van der Waals surface area contributed by atoms with Crippen molar-refractivity contribution in [2.75, 3.05) is 13.7 Å². The highest BCUT2D eigenvalue weighted by molar-refractivity contribution is 5.44. The van der Waals surface area contributed by atoms with Crippen LogP contribution in [0.15, 0.2) is 29.2 Å². The zero-order valence-electron chi connectivity index (χ0n) is 13.0. The van der Waals surface area contributed by atoms with Crippen molar-refractivity contribution < 1.29 is 9.47 Å². The summed E-state index contributed by atoms with van der Waals surface area (Å²) in [5.41, 5.74) is 1.92. The van der Waals surface area contributed by atoms with E-state index in [1.54, 1.807) is 13.3 Å². The number of methoxy groups -OCH3 is 1. The molecule has 22 heavy (non-hydrogen) atoms. The minimum absolute atomic E-state index is 0.162. The van der Waals surface area contributed by atoms with Crippen molar-refractivity contribution >= 4 is 0 Å². The lowest BCUT2D eigenvalue weighted by molar-refractivity contribution is 0.280. The molecule has 1 atom stereocenters. The Labute approximate surface area is 129 Å². The van der Waals surface area contributed by atoms with Crippen molar-refractivity contribution in [2.45, 2.75) is 32.1 Å². The number of imidazole rings is 1. The molecule has 0 amide bonds. The lowest BCUT2D eigenvalue weighted by Gasteiger charge is -2.15. The third kappa shape index (κ3) is 3.53. The third-order valence-corrected chi connectivity index (χ3v) is 4.11. The number of rotatable bonds is 7. The van der Waals surface area contributed by atoms with Crippen molar-refractivity contribution in [3.05, 3.63) is 46.1 Å². The maximum absolute atomic E-state index is 11.2. The van der Waals surface area contributed by atoms with Crippen LogP contribution in [0.4, 0.5) is 0 Å². The molecule has 2 N–H and O–H groups in total. The van der Waals surface area contributed by atoms with Gasteiger partial charge in [0.15, 0.2) is 11.5 Å². The van der Waals surface area contributed by atoms with Gasteiger partial charge in [-0.3, -0.25) is 0 Å². The number of benzene rings is 1. The summed E-state index contributed by atoms with van der Waals surface area (Å²) in [4.78, 5) is 16.6. The second kappa shape index (κ2) is 6.30. The standard InChI is InChI=1S/C17H22N2O3/c1-11(7-14-9-18-17(20)19-14)13-5-6-15(21-2)16(8-13)22-10-12-3-4-12/h5-6,8-9,11-12H,3-4,7,10H2,1-2H3,(H2,18,19,20). The normalized spacial score (nSPS) is 15.5. The first kappa shape index (κ1) is 14.8. The van der Waals surface area contributed by atoms with Crippen LogP contribution in [0, 0.1) is 5.92 Å². The maximum atomic E-state index is 11.2. The van der Waals surface area contributed by atoms with Gasteiger partial charge < -0.3 is 19.4 Å². The van der Waals surface area contributed by atoms with Gasteiger partial charge >= 0.3 is 5.69 Å². The van der Waals surface area contributed by atoms with E-state index in [0.717, 1.165) is 30.2 Å². The molecule has 0 bridgehead atoms. The quantitative estimate of drug-likeness (QED) is 0.826. The van der Waals surface area contributed by atoms with Crippen LogP contribution >= 0.6 is 0 Å². The van der Waals surface area contributed by atoms with Crippen LogP contribution in [0.5, 0.6) is 11.5 Å². The first-order valence-electron chi connectivity index (χ1n) is 7.73. The van der Waals surface area contributed by atoms with Crippen LogP contribution < -0.4 is 15.2 Å². The van der Waals surface area contributed by atoms with Gasteiger partial charge in [-0.2, -0.15) is 0 Å². The Morgan fingerprint density at radius 2 is 2.14 bits per heavy atom. The molecule has 1 aliphatic carbocycles. The Morgan fingerprint density at radius 1 is 1.32 bits per heavy atom. The highest BCUT2D eigenvalue weighted by Gasteiger charge is 2.23. The number of aromatic amines is 2. The zero-order valence-corrected chi connectivity index (χ0v) is 13.0. The predicted octanol–water partition coefficient (Wildman–Crippen LogP) is 2.85. The molecule has 1 aliphatic rings. The molecule has 5 heteroatoms. The average molecular weight is 302 g/mol. The molecule has 1 aromatic carbocycles. The predicted molar refractivity (Wildman–Crippen MR) is 84.7 cm³/mol. The van der Waals surface area contributed by atoms with Gasteiger partial charge in [0.1, 0.15) is 0 Å². The minimum Gasteiger partial charge on any atom is -0.493 e. The Morgan fingerprint density at radius 3 is 2.77 bits per heavy atom. The molecule has 5 nitrogen and oxygen atoms in total. The van der Waals surface area contributed by atoms with E-state index in [1.807, 2.05) is 6.07 Å². The second-order valence-corrected chi connectivity index (χ2v) is 6.04. The first-order valence-corrected chi connectivity index (χ1v) is 7.73. The minimum atomic E-state index is -0.162. The molecule has 1 aromatic heterocycles. The fraction of sp³-hybridized carbons (Fsp3) is 0.471. The smallest absolute Gasteiger partial charge is 0.323 e. The summed E-state index contributed by atoms with van der Waals surface area (Å²) in [5.74, 6) is 2.56. The fourth-order valence-electron chi connectivity index (χ4n) is 2.53. The van der Waals surface area contributed by atoms with E-state index in [9.17, 15) is 4.79 Å². The molecule has 0 saturated heterocycles. The van der Waals surface area contributed by atoms with Crippen molar-refractivity contribution in [1.29, 1.82) is 0 Å². The summed E-state index contributed by atoms with van der Waals surface area (Å²) >= 11 is 0. The van der Waals surface area contributed by atoms with Gasteiger partial charge in [0.25, 0.3) is 0 Å². The van der Waals surface area contributed by atoms with E-state index >= 15 is 0 Å². The lowest BCUT2D eigenvalue weighted by atomic mass is 9.96. The molecule has 0 aliphatic heterocycles. The monoisotopic (exact) mass is 302 g/mol. The molecule has 3 rings (SSSR count). The van der Waals surface area contributed by atoms with Crippen LogP contribution in [0.25, 0.3) is 0 Å². The molecular formula is C17H22N2O3. The van der Waals surface area contributed by atoms with Gasteiger partial charge in [-0.25, -0.2) is 4.79 Å². The molecular weight excluding hydrogens is 280 g/mol. The van der Waals surface area contributed by atoms with E-state index in [2.05, 4.69) is 29.0 Å². The number of hydrogen-bond donors (Lipinski definition) is 2. The Hall–Kier alpha value is -2.17. The fourth-order valence-corrected chi connectivity index (χ4v) is 2.53. The van der Waals surface area contributed by atoms with Gasteiger partial charge in [-0.1, -0.05) is 13.0 Å². The second-order valence-electron chi connectivity index (χ2n) is 6.04. The highest BCUT2D eigenvalue weighted by atomic mass is 16.5. The highest BCUT2D eigenvalue weighted by Crippen LogP contribution is 2.35. The van der Waals surface area contributed by atoms with Gasteiger partial charge in [0.05, 0.1) is 13.7 Å². The maximum Gasteiger partial charge on any atom is 0.323 e. The molecule has 2 aromatic rings. The Balaban J connectivity index is 1.73. The number of hydrogen-bond acceptors (Lipinski definition) is 3. The van der Waals surface area contributed by atoms with Crippen LogP contribution in [0.1, 0.15) is 36.9 Å². The topological polar surface area (TPSA) is 67.1 Å². The molecule has 1 fully saturated rings. The van der Waals surface area contributed by atoms with Gasteiger partial charge in [0.2, 0.25) is 0 Å². The number of aromatic nitrogens is 2. The first-order chi connectivity index (χ1) is 10.7. The van der Waals surface area contributed by atoms with Crippen LogP contribution in [0.3, 0.4) is 0 Å². The van der Waals surface area contributed by atoms with Crippen molar-refractivity contribution in [2.24, 2.45) is 5.92 Å². The molecule has 118 valence electrons. The summed E-state index contributed by atoms with van der Waals surface area (Å²) < 4.78 is 11.3. The average Bonchev–Trinajstić information content (AvgIpc) is 3.26. The molecule has 0 spiro atoms. The van der Waals surface area contributed by atoms with E-state index in [4.69, 9.17) is 9.47 Å². The van der Waals surface area contributed by atoms with Crippen molar-refractivity contribution in [3.63, 3.8) is 0 Å². The van der Waals surface area contributed by atoms with Gasteiger partial charge in [0, 0.05) is 11.9 Å². The number of H-pyrrole nitrogens is 2. The van der Waals surface area contributed by atoms with E-state index in [0.29, 0.717) is 5.92 Å². The van der Waals surface area contributed by atoms with Crippen LogP contribution in [-0.2, 0) is 6.42 Å². The number of ether oxygens (including phenoxy) is 2. The van der Waals surface area contributed by atoms with Crippen LogP contribution in [0.2, 0.25) is 0 Å². The summed E-state index contributed by atoms with van der Waals surface area (Å²) in [6.45, 7) is 2.90. The Kier molecular flexibility index (Phi) is 4.22. The summed E-state index contributed by atoms with van der Waals surface area (Å²) in [7, 11) is 1.66. The summed E-state index contributed by atoms with van der Waals surface area (Å²) in [6, 6.07) is 6.06. The van der Waals surface area contributed by atoms with Crippen molar-refractivity contribution in [3.8, 4) is 11.5 Å². The summed E-state index contributed by atoms with van der Waals surface area (Å²) in [6.07, 6.45) is 5.03. The summed E-state index contributed by atoms with van der Waals surface area (Å²) in [5, 5.41) is 0. The molecule has 1 heterocycles. The Bertz CT molecular complexity index is 685. The van der Waals surface area contributed by atoms with Gasteiger partial charge in [-0.05, 0) is 48.8 Å². The van der Waals surface area contributed by atoms with E-state index < -0.39 is 0 Å². The SMILES string of the molecule is COc1ccc(C(C)Cc2c[nH]c(=O)[nH]2)cc1OCC1CC1. The van der Waals surface area contributed by atoms with E-state index in [-0.39, 0.29) is 11.6 Å². The third-order valence-electron chi connectivity index (χ3n) is 4.11. The van der Waals surface area contributed by atoms with Crippen molar-refractivity contribution in [1.82, 2.24) is 9.97 Å².